The van der Waals surface area contributed by atoms with Crippen molar-refractivity contribution in [3.63, 3.8) is 0 Å². The Labute approximate surface area is 108 Å². The molecule has 1 aromatic heterocycles. The van der Waals surface area contributed by atoms with E-state index in [-0.39, 0.29) is 10.4 Å². The average Bonchev–Trinajstić information content (AvgIpc) is 2.32. The highest BCUT2D eigenvalue weighted by Gasteiger charge is 2.32. The molecule has 0 spiro atoms. The maximum Gasteiger partial charge on any atom is 0.269 e. The number of nitrogens with one attached hydrogen (secondary N) is 1. The van der Waals surface area contributed by atoms with Crippen molar-refractivity contribution in [2.75, 3.05) is 6.61 Å². The third-order valence-corrected chi connectivity index (χ3v) is 3.55. The van der Waals surface area contributed by atoms with E-state index in [0.717, 1.165) is 0 Å². The fraction of sp³-hybridized carbons (Fsp3) is 0.636. The van der Waals surface area contributed by atoms with Crippen LogP contribution in [0.1, 0.15) is 39.4 Å². The van der Waals surface area contributed by atoms with Gasteiger partial charge >= 0.3 is 0 Å². The van der Waals surface area contributed by atoms with E-state index in [0.29, 0.717) is 25.3 Å². The normalized spacial score (nSPS) is 11.8. The number of hydrogen-bond donors (Lipinski definition) is 2. The summed E-state index contributed by atoms with van der Waals surface area (Å²) in [4.78, 5) is 18.2. The van der Waals surface area contributed by atoms with Crippen LogP contribution in [0.25, 0.3) is 0 Å². The van der Waals surface area contributed by atoms with Gasteiger partial charge in [0.15, 0.2) is 0 Å². The van der Waals surface area contributed by atoms with Gasteiger partial charge in [-0.3, -0.25) is 4.79 Å². The molecule has 6 heteroatoms. The Hall–Kier alpha value is -0.880. The molecule has 0 fully saturated rings. The molecule has 0 atom stereocenters. The molecular formula is C11H17BrN2O3. The minimum Gasteiger partial charge on any atom is -0.492 e. The Kier molecular flexibility index (Phi) is 4.70. The Morgan fingerprint density at radius 3 is 2.41 bits per heavy atom. The first-order valence-corrected chi connectivity index (χ1v) is 6.43. The summed E-state index contributed by atoms with van der Waals surface area (Å²) < 4.78 is 5.75. The number of H-pyrrole nitrogens is 1. The Morgan fingerprint density at radius 1 is 1.41 bits per heavy atom. The van der Waals surface area contributed by atoms with Crippen LogP contribution >= 0.6 is 15.9 Å². The molecule has 0 aromatic carbocycles. The minimum absolute atomic E-state index is 0.0406. The van der Waals surface area contributed by atoms with Gasteiger partial charge in [0.1, 0.15) is 15.9 Å². The van der Waals surface area contributed by atoms with Gasteiger partial charge in [-0.2, -0.15) is 4.98 Å². The minimum atomic E-state index is -0.647. The van der Waals surface area contributed by atoms with E-state index in [4.69, 9.17) is 4.74 Å². The molecule has 5 nitrogen and oxygen atoms in total. The lowest BCUT2D eigenvalue weighted by Crippen LogP contribution is -2.33. The molecule has 17 heavy (non-hydrogen) atoms. The summed E-state index contributed by atoms with van der Waals surface area (Å²) in [7, 11) is 0. The van der Waals surface area contributed by atoms with E-state index in [2.05, 4.69) is 25.9 Å². The summed E-state index contributed by atoms with van der Waals surface area (Å²) in [5.41, 5.74) is -1.05. The van der Waals surface area contributed by atoms with Gasteiger partial charge in [-0.15, -0.1) is 0 Å². The van der Waals surface area contributed by atoms with Crippen molar-refractivity contribution in [2.24, 2.45) is 0 Å². The van der Waals surface area contributed by atoms with Crippen molar-refractivity contribution >= 4 is 15.9 Å². The molecule has 0 saturated heterocycles. The summed E-state index contributed by atoms with van der Waals surface area (Å²) in [5.74, 6) is 0.0600. The van der Waals surface area contributed by atoms with Gasteiger partial charge in [0, 0.05) is 6.61 Å². The molecule has 0 aliphatic heterocycles. The monoisotopic (exact) mass is 304 g/mol. The summed E-state index contributed by atoms with van der Waals surface area (Å²) >= 11 is 2.97. The molecule has 0 radical (unpaired) electrons. The zero-order valence-corrected chi connectivity index (χ0v) is 11.8. The summed E-state index contributed by atoms with van der Waals surface area (Å²) in [6.45, 7) is 6.32. The number of hydrogen-bond acceptors (Lipinski definition) is 4. The number of rotatable bonds is 5. The fourth-order valence-corrected chi connectivity index (χ4v) is 1.98. The Morgan fingerprint density at radius 2 is 2.00 bits per heavy atom. The van der Waals surface area contributed by atoms with Crippen LogP contribution in [0, 0.1) is 0 Å². The van der Waals surface area contributed by atoms with Gasteiger partial charge < -0.3 is 14.8 Å². The van der Waals surface area contributed by atoms with Crippen molar-refractivity contribution in [3.05, 3.63) is 20.7 Å². The van der Waals surface area contributed by atoms with Crippen LogP contribution < -0.4 is 5.56 Å². The van der Waals surface area contributed by atoms with Crippen LogP contribution in [0.15, 0.2) is 9.27 Å². The first-order valence-electron chi connectivity index (χ1n) is 5.64. The van der Waals surface area contributed by atoms with Crippen LogP contribution in [0.3, 0.4) is 0 Å². The van der Waals surface area contributed by atoms with Gasteiger partial charge in [0.05, 0.1) is 0 Å². The average molecular weight is 305 g/mol. The van der Waals surface area contributed by atoms with Crippen molar-refractivity contribution < 1.29 is 9.84 Å². The first-order chi connectivity index (χ1) is 8.00. The number of halogens is 1. The van der Waals surface area contributed by atoms with E-state index < -0.39 is 11.2 Å². The second-order valence-corrected chi connectivity index (χ2v) is 4.48. The molecule has 1 rings (SSSR count). The van der Waals surface area contributed by atoms with Crippen molar-refractivity contribution in [1.82, 2.24) is 9.97 Å². The number of aromatic hydroxyl groups is 1. The molecule has 1 aromatic rings. The Balaban J connectivity index is 3.33. The lowest BCUT2D eigenvalue weighted by Gasteiger charge is -2.30. The van der Waals surface area contributed by atoms with Crippen LogP contribution in [0.4, 0.5) is 0 Å². The SMILES string of the molecule is CCOC(CC)(CC)c1nc(O)c(Br)c(=O)[nH]1. The van der Waals surface area contributed by atoms with Crippen LogP contribution in [0.5, 0.6) is 5.88 Å². The molecule has 96 valence electrons. The predicted molar refractivity (Wildman–Crippen MR) is 68.1 cm³/mol. The standard InChI is InChI=1S/C11H17BrN2O3/c1-4-11(5-2,17-6-3)10-13-8(15)7(12)9(16)14-10/h4-6H2,1-3H3,(H2,13,14,15,16). The van der Waals surface area contributed by atoms with Gasteiger partial charge in [0.2, 0.25) is 5.88 Å². The number of ether oxygens (including phenoxy) is 1. The largest absolute Gasteiger partial charge is 0.492 e. The van der Waals surface area contributed by atoms with Gasteiger partial charge in [0.25, 0.3) is 5.56 Å². The molecule has 0 unspecified atom stereocenters. The molecule has 0 bridgehead atoms. The van der Waals surface area contributed by atoms with Gasteiger partial charge in [-0.1, -0.05) is 13.8 Å². The molecule has 0 aliphatic rings. The number of aromatic amines is 1. The highest BCUT2D eigenvalue weighted by molar-refractivity contribution is 9.10. The molecule has 1 heterocycles. The maximum absolute atomic E-state index is 11.6. The van der Waals surface area contributed by atoms with Crippen LogP contribution in [-0.4, -0.2) is 21.7 Å². The molecular weight excluding hydrogens is 288 g/mol. The van der Waals surface area contributed by atoms with E-state index in [9.17, 15) is 9.90 Å². The van der Waals surface area contributed by atoms with E-state index in [1.165, 1.54) is 0 Å². The van der Waals surface area contributed by atoms with Gasteiger partial charge in [-0.25, -0.2) is 0 Å². The summed E-state index contributed by atoms with van der Waals surface area (Å²) in [6.07, 6.45) is 1.34. The predicted octanol–water partition coefficient (Wildman–Crippen LogP) is 2.29. The summed E-state index contributed by atoms with van der Waals surface area (Å²) in [5, 5.41) is 9.57. The third kappa shape index (κ3) is 2.69. The topological polar surface area (TPSA) is 75.2 Å². The quantitative estimate of drug-likeness (QED) is 0.875. The maximum atomic E-state index is 11.6. The lowest BCUT2D eigenvalue weighted by molar-refractivity contribution is -0.0576. The van der Waals surface area contributed by atoms with Gasteiger partial charge in [-0.05, 0) is 35.7 Å². The zero-order valence-electron chi connectivity index (χ0n) is 10.2. The fourth-order valence-electron chi connectivity index (χ4n) is 1.80. The second-order valence-electron chi connectivity index (χ2n) is 3.69. The third-order valence-electron chi connectivity index (χ3n) is 2.84. The van der Waals surface area contributed by atoms with Crippen molar-refractivity contribution in [2.45, 2.75) is 39.2 Å². The van der Waals surface area contributed by atoms with Crippen LogP contribution in [0.2, 0.25) is 0 Å². The molecule has 2 N–H and O–H groups in total. The molecule has 0 saturated carbocycles. The lowest BCUT2D eigenvalue weighted by atomic mass is 9.96. The van der Waals surface area contributed by atoms with E-state index >= 15 is 0 Å². The van der Waals surface area contributed by atoms with Crippen molar-refractivity contribution in [1.29, 1.82) is 0 Å². The highest BCUT2D eigenvalue weighted by atomic mass is 79.9. The van der Waals surface area contributed by atoms with Crippen LogP contribution in [-0.2, 0) is 10.3 Å². The molecule has 0 aliphatic carbocycles. The highest BCUT2D eigenvalue weighted by Crippen LogP contribution is 2.31. The Bertz CT molecular complexity index is 441. The molecule has 0 amide bonds. The number of nitrogens with zero attached hydrogens (tertiary/aromatic N) is 1. The smallest absolute Gasteiger partial charge is 0.269 e. The van der Waals surface area contributed by atoms with E-state index in [1.54, 1.807) is 0 Å². The number of aromatic nitrogens is 2. The van der Waals surface area contributed by atoms with E-state index in [1.807, 2.05) is 20.8 Å². The zero-order chi connectivity index (χ0) is 13.1. The summed E-state index contributed by atoms with van der Waals surface area (Å²) in [6, 6.07) is 0. The second kappa shape index (κ2) is 5.64. The first kappa shape index (κ1) is 14.2. The van der Waals surface area contributed by atoms with Crippen molar-refractivity contribution in [3.8, 4) is 5.88 Å².